The van der Waals surface area contributed by atoms with Crippen LogP contribution in [0.3, 0.4) is 0 Å². The first-order valence-corrected chi connectivity index (χ1v) is 9.90. The third kappa shape index (κ3) is 3.78. The van der Waals surface area contributed by atoms with E-state index in [0.717, 1.165) is 23.8 Å². The van der Waals surface area contributed by atoms with E-state index >= 15 is 0 Å². The maximum absolute atomic E-state index is 12.5. The lowest BCUT2D eigenvalue weighted by molar-refractivity contribution is -0.115. The number of aromatic nitrogens is 4. The van der Waals surface area contributed by atoms with Gasteiger partial charge in [0.1, 0.15) is 5.82 Å². The number of nitrogens with one attached hydrogen (secondary N) is 1. The van der Waals surface area contributed by atoms with Crippen LogP contribution in [0.15, 0.2) is 17.4 Å². The van der Waals surface area contributed by atoms with Gasteiger partial charge >= 0.3 is 0 Å². The molecule has 25 heavy (non-hydrogen) atoms. The average Bonchev–Trinajstić information content (AvgIpc) is 3.49. The van der Waals surface area contributed by atoms with Crippen LogP contribution in [0.25, 0.3) is 0 Å². The molecule has 2 fully saturated rings. The molecule has 2 aromatic rings. The summed E-state index contributed by atoms with van der Waals surface area (Å²) in [6.45, 7) is 1.84. The fourth-order valence-corrected chi connectivity index (χ4v) is 3.95. The van der Waals surface area contributed by atoms with E-state index in [4.69, 9.17) is 23.2 Å². The number of carbonyl (C=O) groups excluding carboxylic acids is 1. The Morgan fingerprint density at radius 3 is 2.72 bits per heavy atom. The summed E-state index contributed by atoms with van der Waals surface area (Å²) < 4.78 is 2.24. The van der Waals surface area contributed by atoms with Gasteiger partial charge in [0.25, 0.3) is 0 Å². The van der Waals surface area contributed by atoms with Crippen molar-refractivity contribution in [3.63, 3.8) is 0 Å². The Kier molecular flexibility index (Phi) is 4.64. The van der Waals surface area contributed by atoms with Crippen molar-refractivity contribution >= 4 is 46.7 Å². The molecule has 132 valence electrons. The van der Waals surface area contributed by atoms with Gasteiger partial charge in [0, 0.05) is 18.2 Å². The quantitative estimate of drug-likeness (QED) is 0.734. The minimum atomic E-state index is -0.345. The Balaban J connectivity index is 1.46. The van der Waals surface area contributed by atoms with Gasteiger partial charge in [-0.05, 0) is 38.7 Å². The molecule has 0 unspecified atom stereocenters. The molecule has 1 amide bonds. The molecule has 0 radical (unpaired) electrons. The van der Waals surface area contributed by atoms with Crippen LogP contribution in [0.4, 0.5) is 5.82 Å². The van der Waals surface area contributed by atoms with E-state index in [1.807, 2.05) is 6.92 Å². The number of carbonyl (C=O) groups is 1. The summed E-state index contributed by atoms with van der Waals surface area (Å²) in [4.78, 5) is 16.5. The highest BCUT2D eigenvalue weighted by atomic mass is 35.5. The third-order valence-corrected chi connectivity index (χ3v) is 5.80. The lowest BCUT2D eigenvalue weighted by Gasteiger charge is -2.13. The van der Waals surface area contributed by atoms with Gasteiger partial charge in [-0.2, -0.15) is 0 Å². The van der Waals surface area contributed by atoms with Crippen molar-refractivity contribution < 1.29 is 4.79 Å². The molecule has 0 aliphatic heterocycles. The predicted octanol–water partition coefficient (Wildman–Crippen LogP) is 4.31. The number of halogens is 2. The van der Waals surface area contributed by atoms with Crippen molar-refractivity contribution in [2.45, 2.75) is 55.0 Å². The molecular weight excluding hydrogens is 381 g/mol. The largest absolute Gasteiger partial charge is 0.308 e. The Bertz CT molecular complexity index is 819. The minimum absolute atomic E-state index is 0.181. The maximum Gasteiger partial charge on any atom is 0.238 e. The summed E-state index contributed by atoms with van der Waals surface area (Å²) in [6, 6.07) is 2.05. The van der Waals surface area contributed by atoms with E-state index in [-0.39, 0.29) is 11.2 Å². The number of rotatable bonds is 6. The first-order valence-electron chi connectivity index (χ1n) is 8.26. The number of thioether (sulfide) groups is 1. The van der Waals surface area contributed by atoms with Crippen LogP contribution in [0.5, 0.6) is 0 Å². The van der Waals surface area contributed by atoms with Crippen molar-refractivity contribution in [1.29, 1.82) is 0 Å². The number of anilines is 1. The van der Waals surface area contributed by atoms with Crippen molar-refractivity contribution in [2.75, 3.05) is 5.32 Å². The van der Waals surface area contributed by atoms with Gasteiger partial charge < -0.3 is 9.88 Å². The van der Waals surface area contributed by atoms with E-state index in [2.05, 4.69) is 25.1 Å². The molecule has 1 atom stereocenters. The average molecular weight is 398 g/mol. The summed E-state index contributed by atoms with van der Waals surface area (Å²) in [5, 5.41) is 12.7. The van der Waals surface area contributed by atoms with Crippen LogP contribution in [0, 0.1) is 0 Å². The number of amides is 1. The van der Waals surface area contributed by atoms with E-state index in [1.54, 1.807) is 6.07 Å². The van der Waals surface area contributed by atoms with Crippen LogP contribution >= 0.6 is 35.0 Å². The van der Waals surface area contributed by atoms with E-state index in [9.17, 15) is 4.79 Å². The second-order valence-corrected chi connectivity index (χ2v) is 8.60. The normalized spacial score (nSPS) is 18.2. The standard InChI is InChI=1S/C16H17Cl2N5OS/c1-8(15(24)20-13-12(18)6-10(17)7-19-13)25-16-22-21-14(9-2-3-9)23(16)11-4-5-11/h6-9,11H,2-5H2,1H3,(H,19,20,24)/t8-/m0/s1. The minimum Gasteiger partial charge on any atom is -0.308 e. The summed E-state index contributed by atoms with van der Waals surface area (Å²) in [6.07, 6.45) is 6.15. The maximum atomic E-state index is 12.5. The highest BCUT2D eigenvalue weighted by Gasteiger charge is 2.37. The zero-order chi connectivity index (χ0) is 17.6. The van der Waals surface area contributed by atoms with Crippen LogP contribution in [-0.4, -0.2) is 30.9 Å². The van der Waals surface area contributed by atoms with Gasteiger partial charge in [-0.15, -0.1) is 10.2 Å². The fourth-order valence-electron chi connectivity index (χ4n) is 2.60. The Labute approximate surface area is 159 Å². The van der Waals surface area contributed by atoms with Crippen LogP contribution in [0.2, 0.25) is 10.0 Å². The van der Waals surface area contributed by atoms with Crippen molar-refractivity contribution in [2.24, 2.45) is 0 Å². The molecule has 0 saturated heterocycles. The summed E-state index contributed by atoms with van der Waals surface area (Å²) >= 11 is 13.3. The van der Waals surface area contributed by atoms with E-state index in [0.29, 0.717) is 27.8 Å². The Hall–Kier alpha value is -1.31. The van der Waals surface area contributed by atoms with Gasteiger partial charge in [0.05, 0.1) is 15.3 Å². The second kappa shape index (κ2) is 6.78. The highest BCUT2D eigenvalue weighted by molar-refractivity contribution is 8.00. The van der Waals surface area contributed by atoms with Crippen molar-refractivity contribution in [1.82, 2.24) is 19.7 Å². The third-order valence-electron chi connectivity index (χ3n) is 4.25. The molecule has 9 heteroatoms. The number of nitrogens with zero attached hydrogens (tertiary/aromatic N) is 4. The Morgan fingerprint density at radius 2 is 2.08 bits per heavy atom. The predicted molar refractivity (Wildman–Crippen MR) is 98.5 cm³/mol. The SMILES string of the molecule is C[C@H](Sc1nnc(C2CC2)n1C1CC1)C(=O)Nc1ncc(Cl)cc1Cl. The molecule has 2 aromatic heterocycles. The summed E-state index contributed by atoms with van der Waals surface area (Å²) in [7, 11) is 0. The molecule has 2 saturated carbocycles. The molecule has 0 spiro atoms. The zero-order valence-electron chi connectivity index (χ0n) is 13.6. The molecule has 2 heterocycles. The number of pyridine rings is 1. The smallest absolute Gasteiger partial charge is 0.238 e. The fraction of sp³-hybridized carbons (Fsp3) is 0.500. The Morgan fingerprint density at radius 1 is 1.32 bits per heavy atom. The zero-order valence-corrected chi connectivity index (χ0v) is 15.9. The molecule has 6 nitrogen and oxygen atoms in total. The molecule has 4 rings (SSSR count). The lowest BCUT2D eigenvalue weighted by Crippen LogP contribution is -2.23. The van der Waals surface area contributed by atoms with Crippen LogP contribution in [0.1, 0.15) is 50.4 Å². The van der Waals surface area contributed by atoms with E-state index in [1.165, 1.54) is 30.8 Å². The number of hydrogen-bond donors (Lipinski definition) is 1. The first kappa shape index (κ1) is 17.1. The molecule has 1 N–H and O–H groups in total. The highest BCUT2D eigenvalue weighted by Crippen LogP contribution is 2.46. The van der Waals surface area contributed by atoms with Gasteiger partial charge in [0.2, 0.25) is 5.91 Å². The van der Waals surface area contributed by atoms with Crippen LogP contribution < -0.4 is 5.32 Å². The molecule has 0 bridgehead atoms. The van der Waals surface area contributed by atoms with Gasteiger partial charge in [0.15, 0.2) is 11.0 Å². The summed E-state index contributed by atoms with van der Waals surface area (Å²) in [5.74, 6) is 1.76. The molecule has 0 aromatic carbocycles. The van der Waals surface area contributed by atoms with E-state index < -0.39 is 0 Å². The monoisotopic (exact) mass is 397 g/mol. The van der Waals surface area contributed by atoms with Gasteiger partial charge in [-0.3, -0.25) is 4.79 Å². The number of hydrogen-bond acceptors (Lipinski definition) is 5. The topological polar surface area (TPSA) is 72.7 Å². The summed E-state index contributed by atoms with van der Waals surface area (Å²) in [5.41, 5.74) is 0. The van der Waals surface area contributed by atoms with Crippen molar-refractivity contribution in [3.8, 4) is 0 Å². The molecule has 2 aliphatic carbocycles. The molecular formula is C16H17Cl2N5OS. The first-order chi connectivity index (χ1) is 12.0. The van der Waals surface area contributed by atoms with Gasteiger partial charge in [-0.25, -0.2) is 4.98 Å². The van der Waals surface area contributed by atoms with Gasteiger partial charge in [-0.1, -0.05) is 35.0 Å². The second-order valence-electron chi connectivity index (χ2n) is 6.45. The van der Waals surface area contributed by atoms with Crippen molar-refractivity contribution in [3.05, 3.63) is 28.1 Å². The molecule has 2 aliphatic rings. The van der Waals surface area contributed by atoms with Crippen LogP contribution in [-0.2, 0) is 4.79 Å². The lowest BCUT2D eigenvalue weighted by atomic mass is 10.4.